The minimum atomic E-state index is -4.41. The summed E-state index contributed by atoms with van der Waals surface area (Å²) in [6, 6.07) is 2.85. The molecule has 0 bridgehead atoms. The standard InChI is InChI=1S/C15H22N4O7S.2Rh/c1-9-5-12(17-8-16-9)18-13-6-10(20)11(25-13)7-24-27(22,23)19-14(21)26-15(2,3)4;;/h10-11,13,20H,6-7H2,1-4H3,(H,19,21)(H,16,17,18);;/q-2;;/t10-,11+,13+;;/m0../s1. The Bertz CT molecular complexity index is 776. The molecule has 0 aliphatic carbocycles. The molecule has 3 atom stereocenters. The first-order chi connectivity index (χ1) is 12.4. The van der Waals surface area contributed by atoms with Gasteiger partial charge in [0.25, 0.3) is 0 Å². The first-order valence-electron chi connectivity index (χ1n) is 8.08. The van der Waals surface area contributed by atoms with Crippen molar-refractivity contribution in [2.45, 2.75) is 58.2 Å². The van der Waals surface area contributed by atoms with E-state index in [1.807, 2.05) is 0 Å². The van der Waals surface area contributed by atoms with E-state index < -0.39 is 47.0 Å². The Kier molecular flexibility index (Phi) is 11.3. The summed E-state index contributed by atoms with van der Waals surface area (Å²) in [7, 11) is -4.41. The van der Waals surface area contributed by atoms with Crippen molar-refractivity contribution in [2.24, 2.45) is 0 Å². The molecule has 2 radical (unpaired) electrons. The van der Waals surface area contributed by atoms with Crippen LogP contribution in [0.2, 0.25) is 0 Å². The third kappa shape index (κ3) is 10.2. The number of anilines is 1. The molecule has 2 rings (SSSR count). The average Bonchev–Trinajstić information content (AvgIpc) is 2.82. The summed E-state index contributed by atoms with van der Waals surface area (Å²) in [4.78, 5) is 19.2. The van der Waals surface area contributed by atoms with Crippen molar-refractivity contribution in [3.8, 4) is 0 Å². The number of nitrogens with zero attached hydrogens (tertiary/aromatic N) is 2. The predicted octanol–water partition coefficient (Wildman–Crippen LogP) is 0.0543. The number of carbonyl (C=O) groups is 1. The normalized spacial score (nSPS) is 21.5. The molecule has 1 saturated heterocycles. The molecular weight excluding hydrogens is 586 g/mol. The van der Waals surface area contributed by atoms with Gasteiger partial charge in [-0.1, -0.05) is 0 Å². The summed E-state index contributed by atoms with van der Waals surface area (Å²) in [5, 5.41) is 12.9. The van der Waals surface area contributed by atoms with E-state index in [9.17, 15) is 18.3 Å². The quantitative estimate of drug-likeness (QED) is 0.299. The number of hydrogen-bond acceptors (Lipinski definition) is 10. The minimum absolute atomic E-state index is 0. The Morgan fingerprint density at radius 2 is 2.00 bits per heavy atom. The van der Waals surface area contributed by atoms with Gasteiger partial charge in [0.05, 0.1) is 12.7 Å². The maximum atomic E-state index is 11.8. The summed E-state index contributed by atoms with van der Waals surface area (Å²) in [6.07, 6.45) is -1.09. The topological polar surface area (TPSA) is 149 Å². The van der Waals surface area contributed by atoms with E-state index in [-0.39, 0.29) is 45.4 Å². The molecule has 11 nitrogen and oxygen atoms in total. The van der Waals surface area contributed by atoms with Gasteiger partial charge in [0, 0.05) is 51.7 Å². The SMILES string of the molecule is Cc1[c-]c(N[C@H]2C[C@H](O)[C@@H](COS(=O)(=O)NC(=O)OC(C)(C)C)O2)n[c-]n1.[Rh].[Rh]. The van der Waals surface area contributed by atoms with Gasteiger partial charge in [0.2, 0.25) is 0 Å². The molecule has 14 heteroatoms. The van der Waals surface area contributed by atoms with Gasteiger partial charge in [-0.05, 0) is 20.8 Å². The molecule has 1 aromatic rings. The van der Waals surface area contributed by atoms with E-state index in [0.29, 0.717) is 11.5 Å². The van der Waals surface area contributed by atoms with Gasteiger partial charge in [0.1, 0.15) is 17.9 Å². The van der Waals surface area contributed by atoms with Crippen LogP contribution in [0.4, 0.5) is 10.6 Å². The number of amides is 1. The number of rotatable bonds is 6. The summed E-state index contributed by atoms with van der Waals surface area (Å²) in [5.41, 5.74) is -0.290. The number of carbonyl (C=O) groups excluding carboxylic acids is 1. The molecule has 170 valence electrons. The molecule has 1 amide bonds. The molecule has 1 aromatic heterocycles. The van der Waals surface area contributed by atoms with E-state index in [1.165, 1.54) is 0 Å². The second-order valence-electron chi connectivity index (χ2n) is 6.84. The second-order valence-corrected chi connectivity index (χ2v) is 8.18. The molecule has 3 N–H and O–H groups in total. The van der Waals surface area contributed by atoms with E-state index in [2.05, 4.69) is 27.7 Å². The fourth-order valence-electron chi connectivity index (χ4n) is 2.16. The van der Waals surface area contributed by atoms with Crippen molar-refractivity contribution in [3.05, 3.63) is 18.1 Å². The Labute approximate surface area is 195 Å². The van der Waals surface area contributed by atoms with Crippen molar-refractivity contribution in [1.29, 1.82) is 0 Å². The fourth-order valence-corrected chi connectivity index (χ4v) is 2.77. The van der Waals surface area contributed by atoms with Crippen LogP contribution in [-0.4, -0.2) is 60.2 Å². The zero-order valence-electron chi connectivity index (χ0n) is 16.0. The third-order valence-electron chi connectivity index (χ3n) is 3.19. The first-order valence-corrected chi connectivity index (χ1v) is 9.48. The number of hydrogen-bond donors (Lipinski definition) is 3. The van der Waals surface area contributed by atoms with Crippen LogP contribution >= 0.6 is 0 Å². The van der Waals surface area contributed by atoms with Crippen LogP contribution in [0, 0.1) is 19.3 Å². The molecule has 1 fully saturated rings. The summed E-state index contributed by atoms with van der Waals surface area (Å²) in [6.45, 7) is 5.99. The Balaban J connectivity index is 0.00000392. The maximum absolute atomic E-state index is 11.8. The van der Waals surface area contributed by atoms with Crippen LogP contribution in [-0.2, 0) is 62.9 Å². The monoisotopic (exact) mass is 608 g/mol. The molecule has 1 aliphatic rings. The number of aliphatic hydroxyl groups excluding tert-OH is 1. The molecule has 29 heavy (non-hydrogen) atoms. The Morgan fingerprint density at radius 3 is 2.59 bits per heavy atom. The molecular formula is C15H22N4O7Rh2S-2. The molecule has 0 aromatic carbocycles. The van der Waals surface area contributed by atoms with Crippen molar-refractivity contribution in [1.82, 2.24) is 14.7 Å². The van der Waals surface area contributed by atoms with Crippen molar-refractivity contribution < 1.29 is 70.9 Å². The van der Waals surface area contributed by atoms with E-state index in [1.54, 1.807) is 32.4 Å². The zero-order chi connectivity index (χ0) is 20.2. The van der Waals surface area contributed by atoms with Crippen molar-refractivity contribution in [2.75, 3.05) is 11.9 Å². The van der Waals surface area contributed by atoms with Crippen molar-refractivity contribution in [3.63, 3.8) is 0 Å². The summed E-state index contributed by atoms with van der Waals surface area (Å²) >= 11 is 0. The summed E-state index contributed by atoms with van der Waals surface area (Å²) < 4.78 is 40.2. The average molecular weight is 608 g/mol. The largest absolute Gasteiger partial charge is 0.549 e. The van der Waals surface area contributed by atoms with E-state index in [4.69, 9.17) is 13.7 Å². The van der Waals surface area contributed by atoms with Crippen molar-refractivity contribution >= 4 is 22.2 Å². The second kappa shape index (κ2) is 11.6. The van der Waals surface area contributed by atoms with Crippen LogP contribution in [0.5, 0.6) is 0 Å². The van der Waals surface area contributed by atoms with E-state index >= 15 is 0 Å². The minimum Gasteiger partial charge on any atom is -0.549 e. The van der Waals surface area contributed by atoms with Crippen LogP contribution < -0.4 is 10.0 Å². The molecule has 0 unspecified atom stereocenters. The van der Waals surface area contributed by atoms with Gasteiger partial charge in [-0.2, -0.15) is 19.0 Å². The Hall–Kier alpha value is -0.773. The van der Waals surface area contributed by atoms with Crippen LogP contribution in [0.1, 0.15) is 32.9 Å². The van der Waals surface area contributed by atoms with Gasteiger partial charge >= 0.3 is 16.4 Å². The van der Waals surface area contributed by atoms with Gasteiger partial charge in [-0.15, -0.1) is 6.92 Å². The summed E-state index contributed by atoms with van der Waals surface area (Å²) in [5.74, 6) is 0.334. The third-order valence-corrected chi connectivity index (χ3v) is 4.06. The maximum Gasteiger partial charge on any atom is 0.423 e. The first kappa shape index (κ1) is 28.2. The van der Waals surface area contributed by atoms with Gasteiger partial charge in [0.15, 0.2) is 0 Å². The molecule has 0 spiro atoms. The molecule has 1 aliphatic heterocycles. The molecule has 2 heterocycles. The zero-order valence-corrected chi connectivity index (χ0v) is 20.1. The number of nitrogens with one attached hydrogen (secondary N) is 2. The number of aromatic nitrogens is 2. The van der Waals surface area contributed by atoms with Crippen LogP contribution in [0.15, 0.2) is 0 Å². The van der Waals surface area contributed by atoms with Crippen LogP contribution in [0.25, 0.3) is 0 Å². The smallest absolute Gasteiger partial charge is 0.423 e. The molecule has 0 saturated carbocycles. The van der Waals surface area contributed by atoms with E-state index in [0.717, 1.165) is 0 Å². The predicted molar refractivity (Wildman–Crippen MR) is 91.6 cm³/mol. The number of ether oxygens (including phenoxy) is 2. The van der Waals surface area contributed by atoms with Gasteiger partial charge in [-0.25, -0.2) is 4.79 Å². The number of aryl methyl sites for hydroxylation is 1. The van der Waals surface area contributed by atoms with Gasteiger partial charge in [-0.3, -0.25) is 9.88 Å². The van der Waals surface area contributed by atoms with Crippen LogP contribution in [0.3, 0.4) is 0 Å². The number of aliphatic hydroxyl groups is 1. The fraction of sp³-hybridized carbons (Fsp3) is 0.667. The van der Waals surface area contributed by atoms with Gasteiger partial charge < -0.3 is 35.9 Å². The Morgan fingerprint density at radius 1 is 1.34 bits per heavy atom.